The lowest BCUT2D eigenvalue weighted by molar-refractivity contribution is -0.126. The van der Waals surface area contributed by atoms with Crippen molar-refractivity contribution < 1.29 is 9.90 Å². The van der Waals surface area contributed by atoms with Crippen LogP contribution in [0.3, 0.4) is 0 Å². The van der Waals surface area contributed by atoms with Crippen LogP contribution in [0.4, 0.5) is 0 Å². The quantitative estimate of drug-likeness (QED) is 0.860. The topological polar surface area (TPSA) is 37.3 Å². The minimum absolute atomic E-state index is 0.109. The van der Waals surface area contributed by atoms with Gasteiger partial charge in [-0.25, -0.2) is 0 Å². The maximum absolute atomic E-state index is 11.9. The van der Waals surface area contributed by atoms with Gasteiger partial charge < -0.3 is 5.11 Å². The summed E-state index contributed by atoms with van der Waals surface area (Å²) in [5.41, 5.74) is 2.10. The largest absolute Gasteiger partial charge is 0.385 e. The molecule has 0 aromatic heterocycles. The zero-order valence-corrected chi connectivity index (χ0v) is 10.8. The Morgan fingerprint density at radius 2 is 1.42 bits per heavy atom. The molecule has 1 atom stereocenters. The van der Waals surface area contributed by atoms with Crippen molar-refractivity contribution in [2.45, 2.75) is 25.4 Å². The molecule has 2 nitrogen and oxygen atoms in total. The highest BCUT2D eigenvalue weighted by molar-refractivity contribution is 5.84. The number of benzene rings is 2. The van der Waals surface area contributed by atoms with Gasteiger partial charge in [0.25, 0.3) is 0 Å². The molecule has 0 radical (unpaired) electrons. The number of rotatable bonds is 6. The molecule has 0 fully saturated rings. The van der Waals surface area contributed by atoms with E-state index in [0.29, 0.717) is 12.8 Å². The van der Waals surface area contributed by atoms with Crippen molar-refractivity contribution in [1.82, 2.24) is 0 Å². The van der Waals surface area contributed by atoms with Crippen LogP contribution in [0.2, 0.25) is 0 Å². The first-order valence-corrected chi connectivity index (χ1v) is 6.54. The Hall–Kier alpha value is -1.93. The third-order valence-electron chi connectivity index (χ3n) is 3.14. The number of hydrogen-bond acceptors (Lipinski definition) is 2. The van der Waals surface area contributed by atoms with Gasteiger partial charge in [0.1, 0.15) is 6.10 Å². The van der Waals surface area contributed by atoms with Gasteiger partial charge in [-0.3, -0.25) is 4.79 Å². The predicted molar refractivity (Wildman–Crippen MR) is 75.9 cm³/mol. The summed E-state index contributed by atoms with van der Waals surface area (Å²) >= 11 is 0. The molecule has 98 valence electrons. The van der Waals surface area contributed by atoms with Crippen molar-refractivity contribution in [3.63, 3.8) is 0 Å². The molecule has 2 rings (SSSR count). The second kappa shape index (κ2) is 6.86. The molecular formula is C17H18O2. The highest BCUT2D eigenvalue weighted by Gasteiger charge is 2.15. The zero-order valence-electron chi connectivity index (χ0n) is 10.8. The predicted octanol–water partition coefficient (Wildman–Crippen LogP) is 2.79. The average molecular weight is 254 g/mol. The molecule has 19 heavy (non-hydrogen) atoms. The van der Waals surface area contributed by atoms with Gasteiger partial charge >= 0.3 is 0 Å². The summed E-state index contributed by atoms with van der Waals surface area (Å²) in [6.07, 6.45) is 0.634. The molecule has 0 aliphatic heterocycles. The van der Waals surface area contributed by atoms with Gasteiger partial charge in [-0.1, -0.05) is 60.7 Å². The molecular weight excluding hydrogens is 236 g/mol. The van der Waals surface area contributed by atoms with E-state index < -0.39 is 6.10 Å². The Morgan fingerprint density at radius 1 is 0.895 bits per heavy atom. The molecule has 0 amide bonds. The van der Waals surface area contributed by atoms with Crippen molar-refractivity contribution in [2.24, 2.45) is 0 Å². The monoisotopic (exact) mass is 254 g/mol. The number of carbonyl (C=O) groups excluding carboxylic acids is 1. The maximum Gasteiger partial charge on any atom is 0.165 e. The van der Waals surface area contributed by atoms with Crippen molar-refractivity contribution >= 4 is 5.78 Å². The van der Waals surface area contributed by atoms with E-state index in [2.05, 4.69) is 0 Å². The van der Waals surface area contributed by atoms with Crippen LogP contribution < -0.4 is 0 Å². The number of hydrogen-bond donors (Lipinski definition) is 1. The van der Waals surface area contributed by atoms with Crippen LogP contribution in [0.15, 0.2) is 60.7 Å². The van der Waals surface area contributed by atoms with E-state index in [0.717, 1.165) is 17.5 Å². The number of aryl methyl sites for hydroxylation is 1. The SMILES string of the molecule is O=C(Cc1ccccc1)C(O)CCc1ccccc1. The van der Waals surface area contributed by atoms with E-state index in [1.165, 1.54) is 0 Å². The smallest absolute Gasteiger partial charge is 0.165 e. The minimum Gasteiger partial charge on any atom is -0.385 e. The zero-order chi connectivity index (χ0) is 13.5. The molecule has 1 N–H and O–H groups in total. The van der Waals surface area contributed by atoms with Gasteiger partial charge in [0.2, 0.25) is 0 Å². The van der Waals surface area contributed by atoms with E-state index in [1.54, 1.807) is 0 Å². The number of carbonyl (C=O) groups is 1. The van der Waals surface area contributed by atoms with Gasteiger partial charge in [0.15, 0.2) is 5.78 Å². The Kier molecular flexibility index (Phi) is 4.87. The van der Waals surface area contributed by atoms with Crippen LogP contribution in [-0.2, 0) is 17.6 Å². The third-order valence-corrected chi connectivity index (χ3v) is 3.14. The first-order valence-electron chi connectivity index (χ1n) is 6.54. The van der Waals surface area contributed by atoms with Crippen LogP contribution in [0.5, 0.6) is 0 Å². The fourth-order valence-electron chi connectivity index (χ4n) is 2.02. The van der Waals surface area contributed by atoms with Crippen LogP contribution in [0, 0.1) is 0 Å². The Bertz CT molecular complexity index is 505. The minimum atomic E-state index is -0.875. The van der Waals surface area contributed by atoms with Crippen LogP contribution >= 0.6 is 0 Å². The number of aliphatic hydroxyl groups is 1. The van der Waals surface area contributed by atoms with Crippen LogP contribution in [0.1, 0.15) is 17.5 Å². The van der Waals surface area contributed by atoms with Gasteiger partial charge in [-0.15, -0.1) is 0 Å². The summed E-state index contributed by atoms with van der Waals surface area (Å²) in [6.45, 7) is 0. The summed E-state index contributed by atoms with van der Waals surface area (Å²) in [5.74, 6) is -0.109. The van der Waals surface area contributed by atoms with Crippen molar-refractivity contribution in [1.29, 1.82) is 0 Å². The lowest BCUT2D eigenvalue weighted by Gasteiger charge is -2.09. The Labute approximate surface area is 113 Å². The Balaban J connectivity index is 1.83. The highest BCUT2D eigenvalue weighted by atomic mass is 16.3. The van der Waals surface area contributed by atoms with E-state index in [1.807, 2.05) is 60.7 Å². The van der Waals surface area contributed by atoms with Crippen molar-refractivity contribution in [3.05, 3.63) is 71.8 Å². The van der Waals surface area contributed by atoms with Gasteiger partial charge in [-0.2, -0.15) is 0 Å². The molecule has 0 aliphatic rings. The molecule has 0 spiro atoms. The Morgan fingerprint density at radius 3 is 2.00 bits per heavy atom. The molecule has 0 bridgehead atoms. The van der Waals surface area contributed by atoms with Crippen LogP contribution in [0.25, 0.3) is 0 Å². The van der Waals surface area contributed by atoms with E-state index >= 15 is 0 Å². The number of ketones is 1. The highest BCUT2D eigenvalue weighted by Crippen LogP contribution is 2.08. The first kappa shape index (κ1) is 13.5. The molecule has 2 aromatic carbocycles. The van der Waals surface area contributed by atoms with E-state index in [9.17, 15) is 9.90 Å². The van der Waals surface area contributed by atoms with Gasteiger partial charge in [0.05, 0.1) is 0 Å². The summed E-state index contributed by atoms with van der Waals surface area (Å²) in [6, 6.07) is 19.4. The maximum atomic E-state index is 11.9. The average Bonchev–Trinajstić information content (AvgIpc) is 2.47. The standard InChI is InChI=1S/C17H18O2/c18-16(12-11-14-7-3-1-4-8-14)17(19)13-15-9-5-2-6-10-15/h1-10,16,18H,11-13H2. The van der Waals surface area contributed by atoms with Crippen molar-refractivity contribution in [2.75, 3.05) is 0 Å². The molecule has 0 saturated carbocycles. The van der Waals surface area contributed by atoms with Gasteiger partial charge in [0, 0.05) is 6.42 Å². The molecule has 0 heterocycles. The van der Waals surface area contributed by atoms with Gasteiger partial charge in [-0.05, 0) is 24.0 Å². The van der Waals surface area contributed by atoms with Crippen LogP contribution in [-0.4, -0.2) is 17.0 Å². The summed E-state index contributed by atoms with van der Waals surface area (Å²) in [4.78, 5) is 11.9. The first-order chi connectivity index (χ1) is 9.25. The molecule has 2 aromatic rings. The third kappa shape index (κ3) is 4.34. The molecule has 0 aliphatic carbocycles. The lowest BCUT2D eigenvalue weighted by Crippen LogP contribution is -2.22. The molecule has 2 heteroatoms. The fourth-order valence-corrected chi connectivity index (χ4v) is 2.02. The number of Topliss-reactive ketones (excluding diaryl/α,β-unsaturated/α-hetero) is 1. The van der Waals surface area contributed by atoms with Crippen molar-refractivity contribution in [3.8, 4) is 0 Å². The molecule has 1 unspecified atom stereocenters. The normalized spacial score (nSPS) is 12.1. The summed E-state index contributed by atoms with van der Waals surface area (Å²) in [5, 5.41) is 9.89. The van der Waals surface area contributed by atoms with E-state index in [4.69, 9.17) is 0 Å². The summed E-state index contributed by atoms with van der Waals surface area (Å²) in [7, 11) is 0. The fraction of sp³-hybridized carbons (Fsp3) is 0.235. The number of aliphatic hydroxyl groups excluding tert-OH is 1. The summed E-state index contributed by atoms with van der Waals surface area (Å²) < 4.78 is 0. The second-order valence-electron chi connectivity index (χ2n) is 4.67. The van der Waals surface area contributed by atoms with E-state index in [-0.39, 0.29) is 5.78 Å². The lowest BCUT2D eigenvalue weighted by atomic mass is 10.0. The second-order valence-corrected chi connectivity index (χ2v) is 4.67. The molecule has 0 saturated heterocycles.